The van der Waals surface area contributed by atoms with Gasteiger partial charge in [0.25, 0.3) is 5.91 Å². The Balaban J connectivity index is 2.04. The molecule has 3 rings (SSSR count). The maximum absolute atomic E-state index is 13.9. The summed E-state index contributed by atoms with van der Waals surface area (Å²) in [6.45, 7) is 0. The molecule has 0 aliphatic rings. The number of anilines is 1. The van der Waals surface area contributed by atoms with Gasteiger partial charge in [0.05, 0.1) is 22.5 Å². The minimum absolute atomic E-state index is 0.145. The summed E-state index contributed by atoms with van der Waals surface area (Å²) in [6.07, 6.45) is -1.64. The number of hydrogen-bond acceptors (Lipinski definition) is 2. The van der Waals surface area contributed by atoms with E-state index in [4.69, 9.17) is 0 Å². The molecule has 0 saturated heterocycles. The van der Waals surface area contributed by atoms with Crippen LogP contribution in [0.25, 0.3) is 5.69 Å². The molecule has 0 saturated carbocycles. The van der Waals surface area contributed by atoms with Gasteiger partial charge in [-0.05, 0) is 42.5 Å². The SMILES string of the molecule is O=C(Nc1cc(C(F)(F)F)ccc1-n1cccn1)c1cc(Br)ccc1F. The highest BCUT2D eigenvalue weighted by Crippen LogP contribution is 2.33. The maximum atomic E-state index is 13.9. The van der Waals surface area contributed by atoms with E-state index in [0.717, 1.165) is 18.2 Å². The third-order valence-electron chi connectivity index (χ3n) is 3.50. The van der Waals surface area contributed by atoms with Gasteiger partial charge >= 0.3 is 6.18 Å². The number of aromatic nitrogens is 2. The van der Waals surface area contributed by atoms with E-state index >= 15 is 0 Å². The lowest BCUT2D eigenvalue weighted by Crippen LogP contribution is -2.17. The molecule has 26 heavy (non-hydrogen) atoms. The zero-order valence-corrected chi connectivity index (χ0v) is 14.5. The summed E-state index contributed by atoms with van der Waals surface area (Å²) in [5.41, 5.74) is -1.18. The summed E-state index contributed by atoms with van der Waals surface area (Å²) >= 11 is 3.12. The molecule has 1 N–H and O–H groups in total. The van der Waals surface area contributed by atoms with Crippen LogP contribution >= 0.6 is 15.9 Å². The lowest BCUT2D eigenvalue weighted by Gasteiger charge is -2.15. The predicted octanol–water partition coefficient (Wildman–Crippen LogP) is 5.05. The van der Waals surface area contributed by atoms with E-state index in [1.165, 1.54) is 35.3 Å². The number of nitrogens with zero attached hydrogens (tertiary/aromatic N) is 2. The molecule has 9 heteroatoms. The van der Waals surface area contributed by atoms with Gasteiger partial charge in [-0.15, -0.1) is 0 Å². The highest BCUT2D eigenvalue weighted by Gasteiger charge is 2.31. The van der Waals surface area contributed by atoms with Gasteiger partial charge in [0.1, 0.15) is 5.82 Å². The van der Waals surface area contributed by atoms with Crippen LogP contribution in [0.3, 0.4) is 0 Å². The molecule has 0 fully saturated rings. The van der Waals surface area contributed by atoms with Crippen LogP contribution in [0.5, 0.6) is 0 Å². The normalized spacial score (nSPS) is 11.4. The number of nitrogens with one attached hydrogen (secondary N) is 1. The zero-order valence-electron chi connectivity index (χ0n) is 12.9. The van der Waals surface area contributed by atoms with E-state index < -0.39 is 23.5 Å². The number of rotatable bonds is 3. The average Bonchev–Trinajstić information content (AvgIpc) is 3.10. The second kappa shape index (κ2) is 6.91. The summed E-state index contributed by atoms with van der Waals surface area (Å²) in [6, 6.07) is 8.16. The van der Waals surface area contributed by atoms with Gasteiger partial charge in [-0.1, -0.05) is 15.9 Å². The summed E-state index contributed by atoms with van der Waals surface area (Å²) in [7, 11) is 0. The van der Waals surface area contributed by atoms with Crippen molar-refractivity contribution in [2.75, 3.05) is 5.32 Å². The van der Waals surface area contributed by atoms with Crippen molar-refractivity contribution in [2.45, 2.75) is 6.18 Å². The number of hydrogen-bond donors (Lipinski definition) is 1. The molecule has 0 aliphatic heterocycles. The first-order valence-electron chi connectivity index (χ1n) is 7.23. The van der Waals surface area contributed by atoms with Gasteiger partial charge in [0.2, 0.25) is 0 Å². The summed E-state index contributed by atoms with van der Waals surface area (Å²) in [5, 5.41) is 6.29. The van der Waals surface area contributed by atoms with E-state index in [1.54, 1.807) is 6.07 Å². The molecule has 0 unspecified atom stereocenters. The third kappa shape index (κ3) is 3.77. The van der Waals surface area contributed by atoms with Crippen molar-refractivity contribution in [1.82, 2.24) is 9.78 Å². The van der Waals surface area contributed by atoms with E-state index in [1.807, 2.05) is 0 Å². The fourth-order valence-corrected chi connectivity index (χ4v) is 2.65. The lowest BCUT2D eigenvalue weighted by molar-refractivity contribution is -0.137. The predicted molar refractivity (Wildman–Crippen MR) is 90.6 cm³/mol. The van der Waals surface area contributed by atoms with Crippen LogP contribution < -0.4 is 5.32 Å². The van der Waals surface area contributed by atoms with Crippen molar-refractivity contribution in [3.05, 3.63) is 76.3 Å². The fourth-order valence-electron chi connectivity index (χ4n) is 2.28. The number of alkyl halides is 3. The van der Waals surface area contributed by atoms with E-state index in [0.29, 0.717) is 4.47 Å². The minimum Gasteiger partial charge on any atom is -0.320 e. The smallest absolute Gasteiger partial charge is 0.320 e. The maximum Gasteiger partial charge on any atom is 0.416 e. The van der Waals surface area contributed by atoms with Crippen LogP contribution in [-0.4, -0.2) is 15.7 Å². The van der Waals surface area contributed by atoms with Crippen molar-refractivity contribution in [1.29, 1.82) is 0 Å². The number of halogens is 5. The molecule has 4 nitrogen and oxygen atoms in total. The van der Waals surface area contributed by atoms with Gasteiger partial charge in [0, 0.05) is 16.9 Å². The van der Waals surface area contributed by atoms with E-state index in [9.17, 15) is 22.4 Å². The molecule has 1 aromatic heterocycles. The Labute approximate surface area is 153 Å². The number of carbonyl (C=O) groups is 1. The standard InChI is InChI=1S/C17H10BrF4N3O/c18-11-3-4-13(19)12(9-11)16(26)24-14-8-10(17(20,21)22)2-5-15(14)25-7-1-6-23-25/h1-9H,(H,24,26). The van der Waals surface area contributed by atoms with E-state index in [-0.39, 0.29) is 16.9 Å². The van der Waals surface area contributed by atoms with Crippen molar-refractivity contribution in [2.24, 2.45) is 0 Å². The molecule has 2 aromatic carbocycles. The van der Waals surface area contributed by atoms with Crippen molar-refractivity contribution < 1.29 is 22.4 Å². The zero-order chi connectivity index (χ0) is 18.9. The second-order valence-corrected chi connectivity index (χ2v) is 6.17. The minimum atomic E-state index is -4.59. The lowest BCUT2D eigenvalue weighted by atomic mass is 10.1. The largest absolute Gasteiger partial charge is 0.416 e. The Hall–Kier alpha value is -2.68. The molecule has 1 heterocycles. The summed E-state index contributed by atoms with van der Waals surface area (Å²) in [4.78, 5) is 12.4. The molecule has 1 amide bonds. The first-order chi connectivity index (χ1) is 12.3. The molecular formula is C17H10BrF4N3O. The van der Waals surface area contributed by atoms with Crippen LogP contribution in [0.15, 0.2) is 59.3 Å². The Bertz CT molecular complexity index is 955. The van der Waals surface area contributed by atoms with E-state index in [2.05, 4.69) is 26.3 Å². The molecule has 0 spiro atoms. The molecule has 0 radical (unpaired) electrons. The topological polar surface area (TPSA) is 46.9 Å². The Morgan fingerprint density at radius 2 is 1.92 bits per heavy atom. The Morgan fingerprint density at radius 1 is 1.15 bits per heavy atom. The quantitative estimate of drug-likeness (QED) is 0.594. The number of benzene rings is 2. The molecule has 3 aromatic rings. The van der Waals surface area contributed by atoms with Crippen LogP contribution in [0.2, 0.25) is 0 Å². The van der Waals surface area contributed by atoms with Gasteiger partial charge in [0.15, 0.2) is 0 Å². The van der Waals surface area contributed by atoms with Gasteiger partial charge in [-0.3, -0.25) is 4.79 Å². The molecule has 0 aliphatic carbocycles. The first-order valence-corrected chi connectivity index (χ1v) is 8.02. The van der Waals surface area contributed by atoms with Gasteiger partial charge in [-0.25, -0.2) is 9.07 Å². The van der Waals surface area contributed by atoms with Crippen molar-refractivity contribution in [3.63, 3.8) is 0 Å². The highest BCUT2D eigenvalue weighted by atomic mass is 79.9. The number of amides is 1. The monoisotopic (exact) mass is 427 g/mol. The first kappa shape index (κ1) is 18.1. The third-order valence-corrected chi connectivity index (χ3v) is 3.99. The molecule has 0 atom stereocenters. The Kier molecular flexibility index (Phi) is 4.82. The molecule has 134 valence electrons. The van der Waals surface area contributed by atoms with Crippen molar-refractivity contribution >= 4 is 27.5 Å². The second-order valence-electron chi connectivity index (χ2n) is 5.26. The van der Waals surface area contributed by atoms with Crippen molar-refractivity contribution in [3.8, 4) is 5.69 Å². The van der Waals surface area contributed by atoms with Crippen LogP contribution in [0.4, 0.5) is 23.2 Å². The molecule has 0 bridgehead atoms. The van der Waals surface area contributed by atoms with Gasteiger partial charge in [-0.2, -0.15) is 18.3 Å². The Morgan fingerprint density at radius 3 is 2.58 bits per heavy atom. The number of carbonyl (C=O) groups excluding carboxylic acids is 1. The summed E-state index contributed by atoms with van der Waals surface area (Å²) in [5.74, 6) is -1.67. The van der Waals surface area contributed by atoms with Crippen LogP contribution in [-0.2, 0) is 6.18 Å². The molecular weight excluding hydrogens is 418 g/mol. The van der Waals surface area contributed by atoms with Crippen LogP contribution in [0, 0.1) is 5.82 Å². The fraction of sp³-hybridized carbons (Fsp3) is 0.0588. The highest BCUT2D eigenvalue weighted by molar-refractivity contribution is 9.10. The average molecular weight is 428 g/mol. The van der Waals surface area contributed by atoms with Gasteiger partial charge < -0.3 is 5.32 Å². The van der Waals surface area contributed by atoms with Crippen LogP contribution in [0.1, 0.15) is 15.9 Å². The summed E-state index contributed by atoms with van der Waals surface area (Å²) < 4.78 is 54.7.